The fourth-order valence-corrected chi connectivity index (χ4v) is 2.63. The van der Waals surface area contributed by atoms with Crippen molar-refractivity contribution in [3.8, 4) is 11.4 Å². The third-order valence-electron chi connectivity index (χ3n) is 4.06. The van der Waals surface area contributed by atoms with Gasteiger partial charge in [0.05, 0.1) is 5.52 Å². The molecule has 1 atom stereocenters. The van der Waals surface area contributed by atoms with E-state index in [9.17, 15) is 4.79 Å². The van der Waals surface area contributed by atoms with E-state index in [0.717, 1.165) is 16.6 Å². The van der Waals surface area contributed by atoms with Crippen LogP contribution < -0.4 is 5.32 Å². The third kappa shape index (κ3) is 2.92. The zero-order valence-electron chi connectivity index (χ0n) is 14.2. The average molecular weight is 348 g/mol. The standard InChI is InChI=1S/C18H16N6O2/c1-11(19-17(25)12-6-4-3-5-7-12)18-20-16(22-26-18)13-8-9-14-15(10-13)24(2)23-21-14/h3-11H,1-2H3,(H,19,25)/t11-/m0/s1. The number of amides is 1. The minimum absolute atomic E-state index is 0.194. The summed E-state index contributed by atoms with van der Waals surface area (Å²) in [6.45, 7) is 1.80. The molecule has 0 unspecified atom stereocenters. The van der Waals surface area contributed by atoms with Gasteiger partial charge in [-0.05, 0) is 37.3 Å². The molecule has 1 N–H and O–H groups in total. The van der Waals surface area contributed by atoms with Crippen molar-refractivity contribution in [2.75, 3.05) is 0 Å². The molecule has 0 aliphatic carbocycles. The summed E-state index contributed by atoms with van der Waals surface area (Å²) in [5, 5.41) is 14.9. The predicted octanol–water partition coefficient (Wildman–Crippen LogP) is 2.51. The van der Waals surface area contributed by atoms with Gasteiger partial charge in [-0.2, -0.15) is 4.98 Å². The molecule has 0 radical (unpaired) electrons. The first-order valence-corrected chi connectivity index (χ1v) is 8.11. The number of hydrogen-bond acceptors (Lipinski definition) is 6. The van der Waals surface area contributed by atoms with Crippen LogP contribution in [-0.4, -0.2) is 31.0 Å². The molecule has 0 spiro atoms. The number of hydrogen-bond donors (Lipinski definition) is 1. The summed E-state index contributed by atoms with van der Waals surface area (Å²) in [6.07, 6.45) is 0. The van der Waals surface area contributed by atoms with E-state index >= 15 is 0 Å². The molecule has 8 nitrogen and oxygen atoms in total. The molecule has 4 aromatic rings. The molecule has 0 fully saturated rings. The summed E-state index contributed by atoms with van der Waals surface area (Å²) in [5.41, 5.74) is 3.04. The van der Waals surface area contributed by atoms with Crippen LogP contribution in [0.15, 0.2) is 53.1 Å². The Labute approximate surface area is 148 Å². The lowest BCUT2D eigenvalue weighted by molar-refractivity contribution is 0.0932. The SMILES string of the molecule is C[C@H](NC(=O)c1ccccc1)c1nc(-c2ccc3nnn(C)c3c2)no1. The van der Waals surface area contributed by atoms with Crippen molar-refractivity contribution in [1.29, 1.82) is 0 Å². The largest absolute Gasteiger partial charge is 0.341 e. The second-order valence-corrected chi connectivity index (χ2v) is 5.93. The summed E-state index contributed by atoms with van der Waals surface area (Å²) in [7, 11) is 1.82. The van der Waals surface area contributed by atoms with Gasteiger partial charge in [0.25, 0.3) is 5.91 Å². The molecule has 0 saturated carbocycles. The van der Waals surface area contributed by atoms with Crippen molar-refractivity contribution in [2.45, 2.75) is 13.0 Å². The van der Waals surface area contributed by atoms with E-state index in [2.05, 4.69) is 25.8 Å². The molecule has 0 aliphatic heterocycles. The summed E-state index contributed by atoms with van der Waals surface area (Å²) < 4.78 is 7.01. The maximum absolute atomic E-state index is 12.2. The number of fused-ring (bicyclic) bond motifs is 1. The first kappa shape index (κ1) is 15.9. The zero-order chi connectivity index (χ0) is 18.1. The average Bonchev–Trinajstić information content (AvgIpc) is 3.30. The zero-order valence-corrected chi connectivity index (χ0v) is 14.2. The minimum atomic E-state index is -0.411. The Morgan fingerprint density at radius 1 is 1.19 bits per heavy atom. The van der Waals surface area contributed by atoms with Crippen LogP contribution in [0, 0.1) is 0 Å². The van der Waals surface area contributed by atoms with Crippen molar-refractivity contribution in [1.82, 2.24) is 30.5 Å². The van der Waals surface area contributed by atoms with Crippen LogP contribution in [-0.2, 0) is 7.05 Å². The minimum Gasteiger partial charge on any atom is -0.341 e. The van der Waals surface area contributed by atoms with E-state index in [1.807, 2.05) is 43.4 Å². The summed E-state index contributed by atoms with van der Waals surface area (Å²) in [4.78, 5) is 16.6. The summed E-state index contributed by atoms with van der Waals surface area (Å²) >= 11 is 0. The van der Waals surface area contributed by atoms with Gasteiger partial charge in [0.15, 0.2) is 0 Å². The van der Waals surface area contributed by atoms with Gasteiger partial charge in [-0.3, -0.25) is 4.79 Å². The van der Waals surface area contributed by atoms with Gasteiger partial charge >= 0.3 is 0 Å². The highest BCUT2D eigenvalue weighted by molar-refractivity contribution is 5.94. The van der Waals surface area contributed by atoms with E-state index in [0.29, 0.717) is 17.3 Å². The highest BCUT2D eigenvalue weighted by Crippen LogP contribution is 2.22. The lowest BCUT2D eigenvalue weighted by Gasteiger charge is -2.09. The van der Waals surface area contributed by atoms with E-state index in [-0.39, 0.29) is 5.91 Å². The van der Waals surface area contributed by atoms with E-state index in [4.69, 9.17) is 4.52 Å². The van der Waals surface area contributed by atoms with Crippen molar-refractivity contribution >= 4 is 16.9 Å². The van der Waals surface area contributed by atoms with E-state index < -0.39 is 6.04 Å². The monoisotopic (exact) mass is 348 g/mol. The fraction of sp³-hybridized carbons (Fsp3) is 0.167. The second-order valence-electron chi connectivity index (χ2n) is 5.93. The number of nitrogens with one attached hydrogen (secondary N) is 1. The number of carbonyl (C=O) groups excluding carboxylic acids is 1. The van der Waals surface area contributed by atoms with Gasteiger partial charge in [0.1, 0.15) is 11.6 Å². The van der Waals surface area contributed by atoms with Crippen LogP contribution in [0.1, 0.15) is 29.2 Å². The maximum atomic E-state index is 12.2. The Kier molecular flexibility index (Phi) is 3.92. The van der Waals surface area contributed by atoms with Gasteiger partial charge in [0, 0.05) is 18.2 Å². The molecule has 0 bridgehead atoms. The topological polar surface area (TPSA) is 98.7 Å². The smallest absolute Gasteiger partial charge is 0.251 e. The lowest BCUT2D eigenvalue weighted by Crippen LogP contribution is -2.26. The van der Waals surface area contributed by atoms with Gasteiger partial charge in [-0.15, -0.1) is 5.10 Å². The molecule has 2 aromatic carbocycles. The van der Waals surface area contributed by atoms with Crippen LogP contribution in [0.2, 0.25) is 0 Å². The van der Waals surface area contributed by atoms with Gasteiger partial charge in [-0.1, -0.05) is 28.6 Å². The Balaban J connectivity index is 1.55. The van der Waals surface area contributed by atoms with Gasteiger partial charge < -0.3 is 9.84 Å². The molecule has 4 rings (SSSR count). The molecule has 2 aromatic heterocycles. The van der Waals surface area contributed by atoms with Crippen LogP contribution in [0.3, 0.4) is 0 Å². The molecule has 1 amide bonds. The Hall–Kier alpha value is -3.55. The Bertz CT molecular complexity index is 1070. The van der Waals surface area contributed by atoms with Crippen LogP contribution >= 0.6 is 0 Å². The normalized spacial score (nSPS) is 12.2. The quantitative estimate of drug-likeness (QED) is 0.608. The second kappa shape index (κ2) is 6.40. The summed E-state index contributed by atoms with van der Waals surface area (Å²) in [6, 6.07) is 14.2. The van der Waals surface area contributed by atoms with Crippen molar-refractivity contribution in [3.63, 3.8) is 0 Å². The predicted molar refractivity (Wildman–Crippen MR) is 94.1 cm³/mol. The number of nitrogens with zero attached hydrogens (tertiary/aromatic N) is 5. The number of aryl methyl sites for hydroxylation is 1. The van der Waals surface area contributed by atoms with E-state index in [1.165, 1.54) is 0 Å². The van der Waals surface area contributed by atoms with Crippen molar-refractivity contribution < 1.29 is 9.32 Å². The number of aromatic nitrogens is 5. The first-order chi connectivity index (χ1) is 12.6. The molecule has 0 aliphatic rings. The highest BCUT2D eigenvalue weighted by Gasteiger charge is 2.18. The Morgan fingerprint density at radius 3 is 2.81 bits per heavy atom. The highest BCUT2D eigenvalue weighted by atomic mass is 16.5. The molecule has 0 saturated heterocycles. The third-order valence-corrected chi connectivity index (χ3v) is 4.06. The first-order valence-electron chi connectivity index (χ1n) is 8.11. The number of rotatable bonds is 4. The fourth-order valence-electron chi connectivity index (χ4n) is 2.63. The van der Waals surface area contributed by atoms with Crippen LogP contribution in [0.25, 0.3) is 22.4 Å². The van der Waals surface area contributed by atoms with Gasteiger partial charge in [0.2, 0.25) is 11.7 Å². The molecular weight excluding hydrogens is 332 g/mol. The molecule has 8 heteroatoms. The molecule has 2 heterocycles. The Morgan fingerprint density at radius 2 is 2.00 bits per heavy atom. The summed E-state index contributed by atoms with van der Waals surface area (Å²) in [5.74, 6) is 0.594. The molecular formula is C18H16N6O2. The van der Waals surface area contributed by atoms with Crippen LogP contribution in [0.5, 0.6) is 0 Å². The molecule has 26 heavy (non-hydrogen) atoms. The molecule has 130 valence electrons. The van der Waals surface area contributed by atoms with Crippen molar-refractivity contribution in [3.05, 3.63) is 60.0 Å². The number of benzene rings is 2. The van der Waals surface area contributed by atoms with E-state index in [1.54, 1.807) is 23.7 Å². The van der Waals surface area contributed by atoms with Gasteiger partial charge in [-0.25, -0.2) is 4.68 Å². The number of carbonyl (C=O) groups is 1. The maximum Gasteiger partial charge on any atom is 0.251 e. The van der Waals surface area contributed by atoms with Crippen LogP contribution in [0.4, 0.5) is 0 Å². The lowest BCUT2D eigenvalue weighted by atomic mass is 10.2. The van der Waals surface area contributed by atoms with Crippen molar-refractivity contribution in [2.24, 2.45) is 7.05 Å².